The van der Waals surface area contributed by atoms with Crippen molar-refractivity contribution in [3.8, 4) is 0 Å². The summed E-state index contributed by atoms with van der Waals surface area (Å²) >= 11 is 5.84. The third-order valence-electron chi connectivity index (χ3n) is 2.60. The van der Waals surface area contributed by atoms with Gasteiger partial charge in [-0.3, -0.25) is 4.98 Å². The normalized spacial score (nSPS) is 25.0. The molecule has 2 heterocycles. The fourth-order valence-electron chi connectivity index (χ4n) is 2.00. The summed E-state index contributed by atoms with van der Waals surface area (Å²) in [5.41, 5.74) is 0. The molecule has 0 radical (unpaired) electrons. The van der Waals surface area contributed by atoms with Crippen molar-refractivity contribution in [3.63, 3.8) is 0 Å². The third-order valence-corrected chi connectivity index (χ3v) is 2.78. The average molecular weight is 258 g/mol. The van der Waals surface area contributed by atoms with Crippen molar-refractivity contribution < 1.29 is 9.47 Å². The number of ether oxygens (including phenoxy) is 2. The smallest absolute Gasteiger partial charge is 0.149 e. The van der Waals surface area contributed by atoms with Crippen LogP contribution in [0, 0.1) is 0 Å². The fourth-order valence-corrected chi connectivity index (χ4v) is 2.14. The van der Waals surface area contributed by atoms with Gasteiger partial charge in [0.2, 0.25) is 0 Å². The molecule has 2 unspecified atom stereocenters. The SMILES string of the molecule is COCC1CN(c2cncc(Cl)n2)CC(C)O1. The molecule has 2 rings (SSSR count). The first-order valence-corrected chi connectivity index (χ1v) is 5.93. The monoisotopic (exact) mass is 257 g/mol. The number of hydrogen-bond acceptors (Lipinski definition) is 5. The summed E-state index contributed by atoms with van der Waals surface area (Å²) in [5.74, 6) is 0.786. The zero-order chi connectivity index (χ0) is 12.3. The molecular formula is C11H16ClN3O2. The van der Waals surface area contributed by atoms with Crippen molar-refractivity contribution in [1.82, 2.24) is 9.97 Å². The number of aromatic nitrogens is 2. The van der Waals surface area contributed by atoms with Crippen LogP contribution in [0.25, 0.3) is 0 Å². The van der Waals surface area contributed by atoms with Gasteiger partial charge in [-0.25, -0.2) is 4.98 Å². The summed E-state index contributed by atoms with van der Waals surface area (Å²) in [7, 11) is 1.67. The lowest BCUT2D eigenvalue weighted by molar-refractivity contribution is -0.0512. The number of morpholine rings is 1. The molecule has 1 aliphatic heterocycles. The summed E-state index contributed by atoms with van der Waals surface area (Å²) in [6.07, 6.45) is 3.45. The van der Waals surface area contributed by atoms with Crippen LogP contribution in [0.2, 0.25) is 5.15 Å². The fraction of sp³-hybridized carbons (Fsp3) is 0.636. The molecule has 0 saturated carbocycles. The molecule has 0 bridgehead atoms. The summed E-state index contributed by atoms with van der Waals surface area (Å²) in [4.78, 5) is 10.4. The van der Waals surface area contributed by atoms with Gasteiger partial charge in [-0.2, -0.15) is 0 Å². The van der Waals surface area contributed by atoms with Gasteiger partial charge in [-0.15, -0.1) is 0 Å². The quantitative estimate of drug-likeness (QED) is 0.819. The van der Waals surface area contributed by atoms with Crippen LogP contribution in [0.1, 0.15) is 6.92 Å². The maximum Gasteiger partial charge on any atom is 0.149 e. The maximum absolute atomic E-state index is 5.84. The molecule has 1 aromatic heterocycles. The molecule has 2 atom stereocenters. The van der Waals surface area contributed by atoms with E-state index in [2.05, 4.69) is 14.9 Å². The minimum absolute atomic E-state index is 0.0598. The van der Waals surface area contributed by atoms with E-state index in [0.29, 0.717) is 11.8 Å². The maximum atomic E-state index is 5.84. The van der Waals surface area contributed by atoms with E-state index in [-0.39, 0.29) is 12.2 Å². The lowest BCUT2D eigenvalue weighted by atomic mass is 10.2. The van der Waals surface area contributed by atoms with Crippen LogP contribution >= 0.6 is 11.6 Å². The van der Waals surface area contributed by atoms with Crippen molar-refractivity contribution in [2.45, 2.75) is 19.1 Å². The zero-order valence-corrected chi connectivity index (χ0v) is 10.7. The van der Waals surface area contributed by atoms with Gasteiger partial charge in [0, 0.05) is 20.2 Å². The predicted molar refractivity (Wildman–Crippen MR) is 65.5 cm³/mol. The molecule has 17 heavy (non-hydrogen) atoms. The van der Waals surface area contributed by atoms with Crippen LogP contribution in [-0.4, -0.2) is 49.0 Å². The van der Waals surface area contributed by atoms with Crippen molar-refractivity contribution in [3.05, 3.63) is 17.5 Å². The van der Waals surface area contributed by atoms with Gasteiger partial charge in [-0.05, 0) is 6.92 Å². The van der Waals surface area contributed by atoms with E-state index in [1.807, 2.05) is 6.92 Å². The molecular weight excluding hydrogens is 242 g/mol. The summed E-state index contributed by atoms with van der Waals surface area (Å²) < 4.78 is 10.9. The van der Waals surface area contributed by atoms with E-state index in [4.69, 9.17) is 21.1 Å². The van der Waals surface area contributed by atoms with Gasteiger partial charge in [0.15, 0.2) is 0 Å². The molecule has 0 aromatic carbocycles. The number of anilines is 1. The Balaban J connectivity index is 2.09. The Labute approximate surface area is 106 Å². The number of hydrogen-bond donors (Lipinski definition) is 0. The lowest BCUT2D eigenvalue weighted by Crippen LogP contribution is -2.48. The largest absolute Gasteiger partial charge is 0.382 e. The van der Waals surface area contributed by atoms with Gasteiger partial charge >= 0.3 is 0 Å². The molecule has 1 aromatic rings. The van der Waals surface area contributed by atoms with Gasteiger partial charge in [-0.1, -0.05) is 11.6 Å². The minimum Gasteiger partial charge on any atom is -0.382 e. The van der Waals surface area contributed by atoms with Crippen LogP contribution < -0.4 is 4.90 Å². The summed E-state index contributed by atoms with van der Waals surface area (Å²) in [6.45, 7) is 4.14. The Morgan fingerprint density at radius 1 is 1.53 bits per heavy atom. The second kappa shape index (κ2) is 5.62. The van der Waals surface area contributed by atoms with Crippen LogP contribution in [0.4, 0.5) is 5.82 Å². The van der Waals surface area contributed by atoms with Crippen LogP contribution in [0.15, 0.2) is 12.4 Å². The van der Waals surface area contributed by atoms with E-state index in [0.717, 1.165) is 18.9 Å². The highest BCUT2D eigenvalue weighted by molar-refractivity contribution is 6.29. The topological polar surface area (TPSA) is 47.5 Å². The van der Waals surface area contributed by atoms with Gasteiger partial charge < -0.3 is 14.4 Å². The highest BCUT2D eigenvalue weighted by Crippen LogP contribution is 2.19. The van der Waals surface area contributed by atoms with Gasteiger partial charge in [0.05, 0.1) is 31.2 Å². The van der Waals surface area contributed by atoms with Crippen molar-refractivity contribution in [2.24, 2.45) is 0 Å². The molecule has 0 spiro atoms. The Bertz CT molecular complexity index is 377. The molecule has 94 valence electrons. The first kappa shape index (κ1) is 12.5. The zero-order valence-electron chi connectivity index (χ0n) is 9.97. The Morgan fingerprint density at radius 3 is 3.06 bits per heavy atom. The van der Waals surface area contributed by atoms with Gasteiger partial charge in [0.25, 0.3) is 0 Å². The number of nitrogens with zero attached hydrogens (tertiary/aromatic N) is 3. The number of methoxy groups -OCH3 is 1. The van der Waals surface area contributed by atoms with Crippen molar-refractivity contribution in [2.75, 3.05) is 31.7 Å². The number of halogens is 1. The van der Waals surface area contributed by atoms with Crippen LogP contribution in [0.5, 0.6) is 0 Å². The van der Waals surface area contributed by atoms with E-state index in [1.54, 1.807) is 13.3 Å². The lowest BCUT2D eigenvalue weighted by Gasteiger charge is -2.37. The van der Waals surface area contributed by atoms with E-state index >= 15 is 0 Å². The van der Waals surface area contributed by atoms with Gasteiger partial charge in [0.1, 0.15) is 11.0 Å². The second-order valence-corrected chi connectivity index (χ2v) is 4.52. The Kier molecular flexibility index (Phi) is 4.15. The standard InChI is InChI=1S/C11H16ClN3O2/c1-8-5-15(6-9(17-8)7-16-2)11-4-13-3-10(12)14-11/h3-4,8-9H,5-7H2,1-2H3. The summed E-state index contributed by atoms with van der Waals surface area (Å²) in [6, 6.07) is 0. The molecule has 6 heteroatoms. The average Bonchev–Trinajstić information content (AvgIpc) is 2.28. The molecule has 0 amide bonds. The number of rotatable bonds is 3. The minimum atomic E-state index is 0.0598. The first-order chi connectivity index (χ1) is 8.19. The molecule has 5 nitrogen and oxygen atoms in total. The Hall–Kier alpha value is -0.910. The van der Waals surface area contributed by atoms with E-state index < -0.39 is 0 Å². The van der Waals surface area contributed by atoms with E-state index in [1.165, 1.54) is 6.20 Å². The third kappa shape index (κ3) is 3.28. The molecule has 1 fully saturated rings. The van der Waals surface area contributed by atoms with E-state index in [9.17, 15) is 0 Å². The van der Waals surface area contributed by atoms with Crippen LogP contribution in [-0.2, 0) is 9.47 Å². The summed E-state index contributed by atoms with van der Waals surface area (Å²) in [5, 5.41) is 0.407. The first-order valence-electron chi connectivity index (χ1n) is 5.56. The van der Waals surface area contributed by atoms with Crippen LogP contribution in [0.3, 0.4) is 0 Å². The molecule has 0 N–H and O–H groups in total. The van der Waals surface area contributed by atoms with Crippen molar-refractivity contribution in [1.29, 1.82) is 0 Å². The van der Waals surface area contributed by atoms with Crippen molar-refractivity contribution >= 4 is 17.4 Å². The molecule has 1 aliphatic rings. The molecule has 1 saturated heterocycles. The highest BCUT2D eigenvalue weighted by Gasteiger charge is 2.26. The molecule has 0 aliphatic carbocycles. The Morgan fingerprint density at radius 2 is 2.35 bits per heavy atom. The predicted octanol–water partition coefficient (Wildman–Crippen LogP) is 1.37. The second-order valence-electron chi connectivity index (χ2n) is 4.13. The highest BCUT2D eigenvalue weighted by atomic mass is 35.5.